The molecule has 0 aromatic carbocycles. The Balaban J connectivity index is 1.50. The van der Waals surface area contributed by atoms with Gasteiger partial charge in [0.05, 0.1) is 10.6 Å². The van der Waals surface area contributed by atoms with Crippen molar-refractivity contribution in [2.24, 2.45) is 5.92 Å². The van der Waals surface area contributed by atoms with Crippen molar-refractivity contribution >= 4 is 23.3 Å². The van der Waals surface area contributed by atoms with Gasteiger partial charge in [0, 0.05) is 51.9 Å². The highest BCUT2D eigenvalue weighted by atomic mass is 35.5. The summed E-state index contributed by atoms with van der Waals surface area (Å²) in [7, 11) is 0. The van der Waals surface area contributed by atoms with Crippen molar-refractivity contribution in [3.05, 3.63) is 22.8 Å². The van der Waals surface area contributed by atoms with Crippen molar-refractivity contribution in [2.45, 2.75) is 32.4 Å². The minimum atomic E-state index is -4.45. The van der Waals surface area contributed by atoms with E-state index in [-0.39, 0.29) is 10.9 Å². The molecule has 2 aliphatic rings. The monoisotopic (exact) mass is 418 g/mol. The van der Waals surface area contributed by atoms with E-state index in [1.165, 1.54) is 0 Å². The van der Waals surface area contributed by atoms with E-state index in [1.807, 2.05) is 9.80 Å². The predicted octanol–water partition coefficient (Wildman–Crippen LogP) is 3.52. The topological polar surface area (TPSA) is 39.7 Å². The smallest absolute Gasteiger partial charge is 0.355 e. The summed E-state index contributed by atoms with van der Waals surface area (Å²) in [5, 5.41) is 0.0122. The fraction of sp³-hybridized carbons (Fsp3) is 0.684. The SMILES string of the molecule is CCN1CCN(C(=O)CC2CCN(c3ncc(C(F)(F)F)cc3Cl)CC2)CC1. The Hall–Kier alpha value is -1.54. The summed E-state index contributed by atoms with van der Waals surface area (Å²) in [6.45, 7) is 7.86. The van der Waals surface area contributed by atoms with Crippen LogP contribution in [0.15, 0.2) is 12.3 Å². The Morgan fingerprint density at radius 2 is 1.82 bits per heavy atom. The number of anilines is 1. The highest BCUT2D eigenvalue weighted by molar-refractivity contribution is 6.33. The molecular weight excluding hydrogens is 393 g/mol. The van der Waals surface area contributed by atoms with Crippen LogP contribution in [0.1, 0.15) is 31.7 Å². The Labute approximate surface area is 168 Å². The van der Waals surface area contributed by atoms with Crippen LogP contribution in [-0.4, -0.2) is 66.5 Å². The minimum Gasteiger partial charge on any atom is -0.355 e. The molecule has 9 heteroatoms. The second-order valence-corrected chi connectivity index (χ2v) is 7.88. The summed E-state index contributed by atoms with van der Waals surface area (Å²) in [6.07, 6.45) is -1.48. The van der Waals surface area contributed by atoms with Crippen LogP contribution >= 0.6 is 11.6 Å². The first-order chi connectivity index (χ1) is 13.3. The number of piperidine rings is 1. The second kappa shape index (κ2) is 8.86. The highest BCUT2D eigenvalue weighted by Gasteiger charge is 2.33. The van der Waals surface area contributed by atoms with Crippen LogP contribution < -0.4 is 4.90 Å². The van der Waals surface area contributed by atoms with E-state index < -0.39 is 11.7 Å². The van der Waals surface area contributed by atoms with Crippen molar-refractivity contribution in [2.75, 3.05) is 50.7 Å². The van der Waals surface area contributed by atoms with Gasteiger partial charge in [-0.15, -0.1) is 0 Å². The predicted molar refractivity (Wildman–Crippen MR) is 102 cm³/mol. The second-order valence-electron chi connectivity index (χ2n) is 7.48. The lowest BCUT2D eigenvalue weighted by atomic mass is 9.93. The number of carbonyl (C=O) groups excluding carboxylic acids is 1. The zero-order chi connectivity index (χ0) is 20.3. The Morgan fingerprint density at radius 3 is 2.36 bits per heavy atom. The van der Waals surface area contributed by atoms with Crippen LogP contribution in [0.2, 0.25) is 5.02 Å². The summed E-state index contributed by atoms with van der Waals surface area (Å²) in [5.74, 6) is 0.885. The number of hydrogen-bond donors (Lipinski definition) is 0. The maximum absolute atomic E-state index is 12.8. The quantitative estimate of drug-likeness (QED) is 0.750. The molecule has 0 aliphatic carbocycles. The molecule has 1 aromatic heterocycles. The maximum Gasteiger partial charge on any atom is 0.417 e. The van der Waals surface area contributed by atoms with Gasteiger partial charge in [-0.2, -0.15) is 13.2 Å². The molecule has 0 spiro atoms. The number of likely N-dealkylation sites (N-methyl/N-ethyl adjacent to an activating group) is 1. The third-order valence-electron chi connectivity index (χ3n) is 5.70. The van der Waals surface area contributed by atoms with E-state index in [0.29, 0.717) is 31.2 Å². The molecule has 0 saturated carbocycles. The molecular formula is C19H26ClF3N4O. The van der Waals surface area contributed by atoms with Gasteiger partial charge in [-0.25, -0.2) is 4.98 Å². The molecule has 3 heterocycles. The standard InChI is InChI=1S/C19H26ClF3N4O/c1-2-25-7-9-26(10-8-25)17(28)11-14-3-5-27(6-4-14)18-16(20)12-15(13-24-18)19(21,22)23/h12-14H,2-11H2,1H3. The van der Waals surface area contributed by atoms with Gasteiger partial charge in [0.2, 0.25) is 5.91 Å². The fourth-order valence-electron chi connectivity index (χ4n) is 3.86. The van der Waals surface area contributed by atoms with Gasteiger partial charge in [0.1, 0.15) is 5.82 Å². The number of nitrogens with zero attached hydrogens (tertiary/aromatic N) is 4. The highest BCUT2D eigenvalue weighted by Crippen LogP contribution is 2.35. The van der Waals surface area contributed by atoms with Gasteiger partial charge in [0.25, 0.3) is 0 Å². The molecule has 1 aromatic rings. The Bertz CT molecular complexity index is 684. The van der Waals surface area contributed by atoms with Crippen LogP contribution in [0.4, 0.5) is 19.0 Å². The Morgan fingerprint density at radius 1 is 1.18 bits per heavy atom. The zero-order valence-electron chi connectivity index (χ0n) is 16.0. The van der Waals surface area contributed by atoms with Crippen LogP contribution in [-0.2, 0) is 11.0 Å². The van der Waals surface area contributed by atoms with Gasteiger partial charge in [-0.05, 0) is 31.4 Å². The van der Waals surface area contributed by atoms with Crippen LogP contribution in [0.25, 0.3) is 0 Å². The summed E-state index contributed by atoms with van der Waals surface area (Å²) >= 11 is 6.05. The summed E-state index contributed by atoms with van der Waals surface area (Å²) in [6, 6.07) is 0.926. The van der Waals surface area contributed by atoms with Crippen molar-refractivity contribution in [3.63, 3.8) is 0 Å². The van der Waals surface area contributed by atoms with Crippen molar-refractivity contribution in [3.8, 4) is 0 Å². The lowest BCUT2D eigenvalue weighted by Gasteiger charge is -2.36. The van der Waals surface area contributed by atoms with E-state index in [9.17, 15) is 18.0 Å². The van der Waals surface area contributed by atoms with Crippen LogP contribution in [0, 0.1) is 5.92 Å². The molecule has 5 nitrogen and oxygen atoms in total. The zero-order valence-corrected chi connectivity index (χ0v) is 16.8. The molecule has 2 fully saturated rings. The Kier molecular flexibility index (Phi) is 6.70. The lowest BCUT2D eigenvalue weighted by Crippen LogP contribution is -2.49. The number of rotatable bonds is 4. The fourth-order valence-corrected chi connectivity index (χ4v) is 4.14. The largest absolute Gasteiger partial charge is 0.417 e. The molecule has 0 bridgehead atoms. The van der Waals surface area contributed by atoms with Gasteiger partial charge in [-0.3, -0.25) is 4.79 Å². The van der Waals surface area contributed by atoms with Crippen molar-refractivity contribution in [1.29, 1.82) is 0 Å². The molecule has 1 amide bonds. The minimum absolute atomic E-state index is 0.0122. The van der Waals surface area contributed by atoms with Gasteiger partial charge >= 0.3 is 6.18 Å². The molecule has 3 rings (SSSR count). The van der Waals surface area contributed by atoms with Gasteiger partial charge in [0.15, 0.2) is 0 Å². The number of alkyl halides is 3. The van der Waals surface area contributed by atoms with E-state index in [2.05, 4.69) is 16.8 Å². The lowest BCUT2D eigenvalue weighted by molar-refractivity contribution is -0.138. The summed E-state index contributed by atoms with van der Waals surface area (Å²) in [5.41, 5.74) is -0.843. The molecule has 0 unspecified atom stereocenters. The van der Waals surface area contributed by atoms with Gasteiger partial charge < -0.3 is 14.7 Å². The van der Waals surface area contributed by atoms with E-state index >= 15 is 0 Å². The first-order valence-electron chi connectivity index (χ1n) is 9.75. The first-order valence-corrected chi connectivity index (χ1v) is 10.1. The molecule has 0 N–H and O–H groups in total. The molecule has 0 radical (unpaired) electrons. The van der Waals surface area contributed by atoms with Crippen LogP contribution in [0.3, 0.4) is 0 Å². The molecule has 2 saturated heterocycles. The summed E-state index contributed by atoms with van der Waals surface area (Å²) < 4.78 is 38.3. The maximum atomic E-state index is 12.8. The summed E-state index contributed by atoms with van der Waals surface area (Å²) in [4.78, 5) is 22.7. The average Bonchev–Trinajstić information content (AvgIpc) is 2.68. The molecule has 2 aliphatic heterocycles. The van der Waals surface area contributed by atoms with E-state index in [0.717, 1.165) is 57.8 Å². The van der Waals surface area contributed by atoms with E-state index in [1.54, 1.807) is 0 Å². The number of aromatic nitrogens is 1. The third kappa shape index (κ3) is 5.08. The molecule has 28 heavy (non-hydrogen) atoms. The number of hydrogen-bond acceptors (Lipinski definition) is 4. The van der Waals surface area contributed by atoms with E-state index in [4.69, 9.17) is 11.6 Å². The average molecular weight is 419 g/mol. The number of halogens is 4. The number of amides is 1. The number of carbonyl (C=O) groups is 1. The molecule has 0 atom stereocenters. The van der Waals surface area contributed by atoms with Crippen molar-refractivity contribution < 1.29 is 18.0 Å². The van der Waals surface area contributed by atoms with Gasteiger partial charge in [-0.1, -0.05) is 18.5 Å². The van der Waals surface area contributed by atoms with Crippen LogP contribution in [0.5, 0.6) is 0 Å². The number of piperazine rings is 1. The first kappa shape index (κ1) is 21.2. The molecule has 156 valence electrons. The third-order valence-corrected chi connectivity index (χ3v) is 5.98. The normalized spacial score (nSPS) is 19.9. The van der Waals surface area contributed by atoms with Crippen molar-refractivity contribution in [1.82, 2.24) is 14.8 Å². The number of pyridine rings is 1.